The highest BCUT2D eigenvalue weighted by atomic mass is 32.1. The van der Waals surface area contributed by atoms with Crippen LogP contribution in [0.3, 0.4) is 0 Å². The molecule has 0 fully saturated rings. The standard InChI is InChI=1S/C13H13NO2S/c1-3-16-13(15)11-9(2)17-14-12(11)10-7-5-4-6-8-10/h4-8H,3H2,1-2H3. The Balaban J connectivity index is 2.46. The molecule has 88 valence electrons. The average molecular weight is 247 g/mol. The Morgan fingerprint density at radius 1 is 1.35 bits per heavy atom. The molecule has 1 heterocycles. The Bertz CT molecular complexity index is 519. The molecule has 0 radical (unpaired) electrons. The summed E-state index contributed by atoms with van der Waals surface area (Å²) >= 11 is 1.33. The Labute approximate surface area is 104 Å². The topological polar surface area (TPSA) is 39.2 Å². The van der Waals surface area contributed by atoms with Crippen LogP contribution in [-0.2, 0) is 4.74 Å². The van der Waals surface area contributed by atoms with Crippen LogP contribution in [0.2, 0.25) is 0 Å². The van der Waals surface area contributed by atoms with E-state index in [-0.39, 0.29) is 5.97 Å². The third-order valence-corrected chi connectivity index (χ3v) is 3.14. The lowest BCUT2D eigenvalue weighted by molar-refractivity contribution is 0.0527. The number of aromatic nitrogens is 1. The zero-order valence-electron chi connectivity index (χ0n) is 9.77. The molecule has 0 saturated heterocycles. The molecule has 2 rings (SSSR count). The third-order valence-electron chi connectivity index (χ3n) is 2.39. The maximum Gasteiger partial charge on any atom is 0.341 e. The Hall–Kier alpha value is -1.68. The third kappa shape index (κ3) is 2.36. The van der Waals surface area contributed by atoms with Crippen molar-refractivity contribution in [3.8, 4) is 11.3 Å². The van der Waals surface area contributed by atoms with Crippen molar-refractivity contribution < 1.29 is 9.53 Å². The molecule has 0 amide bonds. The van der Waals surface area contributed by atoms with Gasteiger partial charge >= 0.3 is 5.97 Å². The Morgan fingerprint density at radius 2 is 2.06 bits per heavy atom. The second kappa shape index (κ2) is 5.10. The summed E-state index contributed by atoms with van der Waals surface area (Å²) in [5, 5.41) is 0. The summed E-state index contributed by atoms with van der Waals surface area (Å²) in [6.45, 7) is 4.06. The minimum absolute atomic E-state index is 0.294. The maximum atomic E-state index is 11.9. The highest BCUT2D eigenvalue weighted by Crippen LogP contribution is 2.28. The molecule has 0 N–H and O–H groups in total. The van der Waals surface area contributed by atoms with E-state index in [1.165, 1.54) is 11.5 Å². The molecule has 0 aliphatic rings. The predicted molar refractivity (Wildman–Crippen MR) is 68.2 cm³/mol. The van der Waals surface area contributed by atoms with Gasteiger partial charge in [-0.05, 0) is 25.4 Å². The second-order valence-corrected chi connectivity index (χ2v) is 4.53. The molecule has 1 aromatic carbocycles. The van der Waals surface area contributed by atoms with Crippen molar-refractivity contribution in [2.24, 2.45) is 0 Å². The van der Waals surface area contributed by atoms with Crippen molar-refractivity contribution in [1.82, 2.24) is 4.37 Å². The molecule has 0 saturated carbocycles. The van der Waals surface area contributed by atoms with Gasteiger partial charge in [0.05, 0.1) is 12.3 Å². The molecule has 0 unspecified atom stereocenters. The Kier molecular flexibility index (Phi) is 3.54. The summed E-state index contributed by atoms with van der Waals surface area (Å²) in [6, 6.07) is 9.68. The highest BCUT2D eigenvalue weighted by Gasteiger charge is 2.20. The van der Waals surface area contributed by atoms with E-state index in [1.807, 2.05) is 37.3 Å². The minimum atomic E-state index is -0.294. The average Bonchev–Trinajstić information content (AvgIpc) is 2.73. The van der Waals surface area contributed by atoms with Gasteiger partial charge < -0.3 is 4.74 Å². The van der Waals surface area contributed by atoms with Crippen molar-refractivity contribution in [3.05, 3.63) is 40.8 Å². The van der Waals surface area contributed by atoms with E-state index in [1.54, 1.807) is 6.92 Å². The normalized spacial score (nSPS) is 10.2. The van der Waals surface area contributed by atoms with Gasteiger partial charge in [-0.1, -0.05) is 30.3 Å². The number of rotatable bonds is 3. The van der Waals surface area contributed by atoms with Gasteiger partial charge in [0, 0.05) is 10.4 Å². The second-order valence-electron chi connectivity index (χ2n) is 3.55. The predicted octanol–water partition coefficient (Wildman–Crippen LogP) is 3.30. The van der Waals surface area contributed by atoms with Gasteiger partial charge in [-0.2, -0.15) is 4.37 Å². The quantitative estimate of drug-likeness (QED) is 0.781. The lowest BCUT2D eigenvalue weighted by Crippen LogP contribution is -2.06. The van der Waals surface area contributed by atoms with Crippen LogP contribution in [0, 0.1) is 6.92 Å². The van der Waals surface area contributed by atoms with Gasteiger partial charge in [-0.25, -0.2) is 4.79 Å². The zero-order chi connectivity index (χ0) is 12.3. The molecule has 0 atom stereocenters. The Morgan fingerprint density at radius 3 is 2.71 bits per heavy atom. The molecule has 1 aromatic heterocycles. The van der Waals surface area contributed by atoms with Gasteiger partial charge in [-0.15, -0.1) is 0 Å². The fourth-order valence-corrected chi connectivity index (χ4v) is 2.31. The van der Waals surface area contributed by atoms with Crippen LogP contribution in [0.15, 0.2) is 30.3 Å². The summed E-state index contributed by atoms with van der Waals surface area (Å²) in [4.78, 5) is 12.8. The number of esters is 1. The first-order valence-corrected chi connectivity index (χ1v) is 6.20. The number of aryl methyl sites for hydroxylation is 1. The number of hydrogen-bond acceptors (Lipinski definition) is 4. The minimum Gasteiger partial charge on any atom is -0.462 e. The summed E-state index contributed by atoms with van der Waals surface area (Å²) in [7, 11) is 0. The smallest absolute Gasteiger partial charge is 0.341 e. The van der Waals surface area contributed by atoms with Gasteiger partial charge in [-0.3, -0.25) is 0 Å². The summed E-state index contributed by atoms with van der Waals surface area (Å²) < 4.78 is 9.39. The van der Waals surface area contributed by atoms with Crippen molar-refractivity contribution in [1.29, 1.82) is 0 Å². The van der Waals surface area contributed by atoms with Crippen LogP contribution in [-0.4, -0.2) is 16.9 Å². The molecule has 4 heteroatoms. The van der Waals surface area contributed by atoms with Gasteiger partial charge in [0.15, 0.2) is 0 Å². The van der Waals surface area contributed by atoms with Gasteiger partial charge in [0.2, 0.25) is 0 Å². The number of hydrogen-bond donors (Lipinski definition) is 0. The maximum absolute atomic E-state index is 11.9. The van der Waals surface area contributed by atoms with E-state index < -0.39 is 0 Å². The zero-order valence-corrected chi connectivity index (χ0v) is 10.6. The number of carbonyl (C=O) groups excluding carboxylic acids is 1. The van der Waals surface area contributed by atoms with E-state index in [2.05, 4.69) is 4.37 Å². The van der Waals surface area contributed by atoms with Crippen LogP contribution < -0.4 is 0 Å². The van der Waals surface area contributed by atoms with Crippen molar-refractivity contribution in [2.75, 3.05) is 6.61 Å². The SMILES string of the molecule is CCOC(=O)c1c(-c2ccccc2)nsc1C. The number of nitrogens with zero attached hydrogens (tertiary/aromatic N) is 1. The van der Waals surface area contributed by atoms with Crippen LogP contribution in [0.5, 0.6) is 0 Å². The van der Waals surface area contributed by atoms with E-state index in [0.717, 1.165) is 10.4 Å². The number of carbonyl (C=O) groups is 1. The fraction of sp³-hybridized carbons (Fsp3) is 0.231. The lowest BCUT2D eigenvalue weighted by Gasteiger charge is -2.03. The van der Waals surface area contributed by atoms with Crippen LogP contribution in [0.1, 0.15) is 22.2 Å². The number of benzene rings is 1. The van der Waals surface area contributed by atoms with Crippen LogP contribution >= 0.6 is 11.5 Å². The van der Waals surface area contributed by atoms with Crippen LogP contribution in [0.4, 0.5) is 0 Å². The van der Waals surface area contributed by atoms with E-state index >= 15 is 0 Å². The molecular formula is C13H13NO2S. The monoisotopic (exact) mass is 247 g/mol. The van der Waals surface area contributed by atoms with Gasteiger partial charge in [0.25, 0.3) is 0 Å². The summed E-state index contributed by atoms with van der Waals surface area (Å²) in [5.74, 6) is -0.294. The number of ether oxygens (including phenoxy) is 1. The van der Waals surface area contributed by atoms with E-state index in [9.17, 15) is 4.79 Å². The summed E-state index contributed by atoms with van der Waals surface area (Å²) in [6.07, 6.45) is 0. The molecule has 0 aliphatic heterocycles. The largest absolute Gasteiger partial charge is 0.462 e. The molecule has 3 nitrogen and oxygen atoms in total. The van der Waals surface area contributed by atoms with Crippen LogP contribution in [0.25, 0.3) is 11.3 Å². The van der Waals surface area contributed by atoms with Crippen molar-refractivity contribution >= 4 is 17.5 Å². The molecule has 0 bridgehead atoms. The summed E-state index contributed by atoms with van der Waals surface area (Å²) in [5.41, 5.74) is 2.24. The highest BCUT2D eigenvalue weighted by molar-refractivity contribution is 7.06. The molecule has 2 aromatic rings. The van der Waals surface area contributed by atoms with Gasteiger partial charge in [0.1, 0.15) is 5.56 Å². The first-order chi connectivity index (χ1) is 8.24. The molecule has 17 heavy (non-hydrogen) atoms. The lowest BCUT2D eigenvalue weighted by atomic mass is 10.1. The van der Waals surface area contributed by atoms with E-state index in [0.29, 0.717) is 17.9 Å². The van der Waals surface area contributed by atoms with E-state index in [4.69, 9.17) is 4.74 Å². The molecule has 0 aliphatic carbocycles. The first-order valence-electron chi connectivity index (χ1n) is 5.43. The van der Waals surface area contributed by atoms with Crippen molar-refractivity contribution in [3.63, 3.8) is 0 Å². The molecular weight excluding hydrogens is 234 g/mol. The van der Waals surface area contributed by atoms with Crippen molar-refractivity contribution in [2.45, 2.75) is 13.8 Å². The molecule has 0 spiro atoms. The first kappa shape index (κ1) is 11.8. The fourth-order valence-electron chi connectivity index (χ4n) is 1.61.